The summed E-state index contributed by atoms with van der Waals surface area (Å²) in [6.07, 6.45) is 1.65. The van der Waals surface area contributed by atoms with Gasteiger partial charge in [0.05, 0.1) is 103 Å². The van der Waals surface area contributed by atoms with E-state index in [2.05, 4.69) is 151 Å². The lowest BCUT2D eigenvalue weighted by Gasteiger charge is -2.40. The van der Waals surface area contributed by atoms with Crippen LogP contribution in [0.4, 0.5) is 0 Å². The van der Waals surface area contributed by atoms with Crippen LogP contribution < -0.4 is 16.0 Å². The molecule has 24 heteroatoms. The molecule has 6 bridgehead atoms. The lowest BCUT2D eigenvalue weighted by Crippen LogP contribution is -2.56. The van der Waals surface area contributed by atoms with E-state index in [1.807, 2.05) is 77.9 Å². The molecule has 9 aromatic carbocycles. The van der Waals surface area contributed by atoms with Crippen LogP contribution in [0, 0.1) is 5.41 Å². The Hall–Kier alpha value is -10.1. The van der Waals surface area contributed by atoms with Crippen LogP contribution in [0.3, 0.4) is 0 Å². The molecule has 10 atom stereocenters. The van der Waals surface area contributed by atoms with Crippen molar-refractivity contribution in [1.29, 1.82) is 0 Å². The molecule has 3 amide bonds. The van der Waals surface area contributed by atoms with Crippen molar-refractivity contribution in [3.8, 4) is 0 Å². The second-order valence-electron chi connectivity index (χ2n) is 31.9. The summed E-state index contributed by atoms with van der Waals surface area (Å²) in [6.45, 7) is 11.0. The van der Waals surface area contributed by atoms with Crippen LogP contribution in [0.2, 0.25) is 0 Å². The number of aromatic nitrogens is 6. The average molecular weight is 1510 g/mol. The third-order valence-electron chi connectivity index (χ3n) is 26.5. The first-order chi connectivity index (χ1) is 52.6. The number of nitrogens with zero attached hydrogens (tertiary/aromatic N) is 6. The molecule has 558 valence electrons. The van der Waals surface area contributed by atoms with E-state index in [1.54, 1.807) is 6.92 Å². The van der Waals surface area contributed by atoms with E-state index < -0.39 is 58.8 Å². The molecule has 0 spiro atoms. The minimum atomic E-state index is -1.96. The molecule has 0 saturated carbocycles. The lowest BCUT2D eigenvalue weighted by atomic mass is 9.78. The zero-order chi connectivity index (χ0) is 74.5. The van der Waals surface area contributed by atoms with Crippen molar-refractivity contribution in [1.82, 2.24) is 43.4 Å². The fraction of sp³-hybridized carbons (Fsp3) is 0.314. The molecular weight excluding hydrogens is 1430 g/mol. The van der Waals surface area contributed by atoms with Crippen LogP contribution in [0.25, 0.3) is 131 Å². The van der Waals surface area contributed by atoms with Gasteiger partial charge in [0, 0.05) is 120 Å². The SMILES string of the molecule is C=S(C)Cc1ccc2c(c1)c1c3c(c4c5cc(CSCC)ccc5n5c4c1n2C1(C)OC5CC1(O)C(=O)OC)C(=O)NC3.CC1(CO)CC2OC1(C)n1c3ccccc3c3c4c(c5c6ccccc6n2c5c31)C(=O)NC4.CC12OC(CC1(O)CO)n1c3ccccc3c3c4c(c5c6ccccc6n2c5c31)CNC4=O.O. The number of nitrogens with one attached hydrogen (secondary N) is 3. The zero-order valence-electron chi connectivity index (χ0n) is 61.5. The number of benzene rings is 9. The van der Waals surface area contributed by atoms with Gasteiger partial charge in [-0.3, -0.25) is 14.4 Å². The molecule has 6 aromatic heterocycles. The molecule has 15 aromatic rings. The summed E-state index contributed by atoms with van der Waals surface area (Å²) in [6, 6.07) is 45.5. The van der Waals surface area contributed by atoms with Crippen molar-refractivity contribution in [3.63, 3.8) is 0 Å². The van der Waals surface area contributed by atoms with Crippen LogP contribution in [0.5, 0.6) is 0 Å². The molecule has 9 aliphatic heterocycles. The Kier molecular flexibility index (Phi) is 14.0. The number of aliphatic hydroxyl groups is 4. The van der Waals surface area contributed by atoms with Gasteiger partial charge in [-0.25, -0.2) is 4.79 Å². The Balaban J connectivity index is 0.000000105. The lowest BCUT2D eigenvalue weighted by molar-refractivity contribution is -0.202. The molecule has 0 radical (unpaired) electrons. The van der Waals surface area contributed by atoms with Gasteiger partial charge in [0.2, 0.25) is 5.60 Å². The van der Waals surface area contributed by atoms with Crippen molar-refractivity contribution >= 4 is 183 Å². The van der Waals surface area contributed by atoms with E-state index in [4.69, 9.17) is 18.9 Å². The summed E-state index contributed by atoms with van der Waals surface area (Å²) < 4.78 is 38.6. The Bertz CT molecular complexity index is 6600. The van der Waals surface area contributed by atoms with E-state index in [9.17, 15) is 39.6 Å². The van der Waals surface area contributed by atoms with Gasteiger partial charge in [0.25, 0.3) is 17.7 Å². The van der Waals surface area contributed by atoms with Crippen molar-refractivity contribution in [2.45, 2.75) is 132 Å². The minimum Gasteiger partial charge on any atom is -0.467 e. The fourth-order valence-electron chi connectivity index (χ4n) is 21.4. The summed E-state index contributed by atoms with van der Waals surface area (Å²) in [5.74, 6) is 6.05. The summed E-state index contributed by atoms with van der Waals surface area (Å²) >= 11 is 1.85. The number of methoxy groups -OCH3 is 1. The number of fused-ring (bicyclic) bond motifs is 39. The number of amides is 3. The first kappa shape index (κ1) is 68.0. The topological polar surface area (TPSA) is 283 Å². The van der Waals surface area contributed by atoms with Crippen LogP contribution in [0.15, 0.2) is 133 Å². The van der Waals surface area contributed by atoms with Gasteiger partial charge in [-0.05, 0) is 109 Å². The molecule has 9 aliphatic rings. The second kappa shape index (κ2) is 22.6. The molecule has 10 unspecified atom stereocenters. The molecule has 0 aliphatic carbocycles. The number of ether oxygens (including phenoxy) is 4. The maximum Gasteiger partial charge on any atom is 0.343 e. The molecule has 15 heterocycles. The van der Waals surface area contributed by atoms with Crippen LogP contribution in [-0.2, 0) is 72.1 Å². The number of esters is 1. The number of hydrogen-bond donors (Lipinski definition) is 7. The first-order valence-electron chi connectivity index (χ1n) is 37.3. The van der Waals surface area contributed by atoms with E-state index in [0.29, 0.717) is 31.6 Å². The summed E-state index contributed by atoms with van der Waals surface area (Å²) in [5, 5.41) is 66.3. The highest BCUT2D eigenvalue weighted by Crippen LogP contribution is 2.63. The number of para-hydroxylation sites is 4. The third kappa shape index (κ3) is 7.96. The molecule has 24 rings (SSSR count). The average Bonchev–Trinajstić information content (AvgIpc) is 1.50. The highest BCUT2D eigenvalue weighted by atomic mass is 32.2. The van der Waals surface area contributed by atoms with E-state index >= 15 is 0 Å². The normalized spacial score (nSPS) is 26.4. The Morgan fingerprint density at radius 1 is 0.518 bits per heavy atom. The number of aliphatic hydroxyl groups excluding tert-OH is 2. The maximum atomic E-state index is 13.7. The first-order valence-corrected chi connectivity index (χ1v) is 40.5. The second-order valence-corrected chi connectivity index (χ2v) is 35.1. The summed E-state index contributed by atoms with van der Waals surface area (Å²) in [7, 11) is 1.24. The Morgan fingerprint density at radius 2 is 0.909 bits per heavy atom. The number of thioether (sulfide) groups is 1. The monoisotopic (exact) mass is 1510 g/mol. The number of rotatable bonds is 8. The molecule has 110 heavy (non-hydrogen) atoms. The molecule has 3 saturated heterocycles. The van der Waals surface area contributed by atoms with Crippen LogP contribution >= 0.6 is 22.2 Å². The predicted molar refractivity (Wildman–Crippen MR) is 430 cm³/mol. The van der Waals surface area contributed by atoms with Crippen molar-refractivity contribution in [3.05, 3.63) is 178 Å². The van der Waals surface area contributed by atoms with Gasteiger partial charge < -0.3 is 88.2 Å². The molecule has 9 N–H and O–H groups in total. The molecular formula is C86H79N9O13S2. The zero-order valence-corrected chi connectivity index (χ0v) is 63.1. The standard InChI is InChI=1S/C33H33N3O5S2.C27H23N3O3.C26H21N3O4.H2O/c1-6-42-15-17-7-9-22-19(11-17)26-27-21(14-34-30(27)37)25-20-12-18(16-43(4)5)8-10-23(20)36-29(25)28(26)35(22)24-13-33(39,31(38)40-3)32(36,2)41-24;1-26(13-31)11-19-29-17-9-5-3-7-14(17)21-22-16(12-28-25(22)32)20-15-8-4-6-10-18(15)30(24(20)23(21)29)27(26,2)33-19;1-25-26(32,12-30)10-18(33-25)28-16-8-4-2-6-13(16)20-21-15(11-27-24(21)31)19-14-7-3-5-9-17(14)29(25)23(19)22(20)28;/h7-12,24,39H,4,6,13-16H2,1-3,5H3,(H,34,37);3-10,19,31H,11-13H2,1-2H3,(H,28,32);2-9,18,30,32H,10-12H2,1H3,(H,27,31);1H2. The summed E-state index contributed by atoms with van der Waals surface area (Å²) in [5.41, 5.74) is 11.8. The van der Waals surface area contributed by atoms with E-state index in [1.165, 1.54) is 12.7 Å². The van der Waals surface area contributed by atoms with Gasteiger partial charge in [-0.1, -0.05) is 105 Å². The number of hydrogen-bond acceptors (Lipinski definition) is 13. The highest BCUT2D eigenvalue weighted by Gasteiger charge is 2.67. The highest BCUT2D eigenvalue weighted by molar-refractivity contribution is 8.12. The quantitative estimate of drug-likeness (QED) is 0.0551. The van der Waals surface area contributed by atoms with Crippen LogP contribution in [0.1, 0.15) is 131 Å². The van der Waals surface area contributed by atoms with E-state index in [0.717, 1.165) is 181 Å². The number of carbonyl (C=O) groups excluding carboxylic acids is 4. The molecule has 22 nitrogen and oxygen atoms in total. The maximum absolute atomic E-state index is 13.7. The number of carbonyl (C=O) groups is 4. The van der Waals surface area contributed by atoms with Gasteiger partial charge in [-0.2, -0.15) is 22.2 Å². The van der Waals surface area contributed by atoms with Crippen LogP contribution in [-0.4, -0.2) is 126 Å². The van der Waals surface area contributed by atoms with Gasteiger partial charge >= 0.3 is 5.97 Å². The van der Waals surface area contributed by atoms with Crippen molar-refractivity contribution < 1.29 is 64.0 Å². The predicted octanol–water partition coefficient (Wildman–Crippen LogP) is 13.1. The smallest absolute Gasteiger partial charge is 0.343 e. The van der Waals surface area contributed by atoms with Gasteiger partial charge in [-0.15, -0.1) is 0 Å². The minimum absolute atomic E-state index is 0. The van der Waals surface area contributed by atoms with Gasteiger partial charge in [0.1, 0.15) is 24.3 Å². The fourth-order valence-corrected chi connectivity index (χ4v) is 22.8. The Labute approximate surface area is 634 Å². The third-order valence-corrected chi connectivity index (χ3v) is 28.3. The van der Waals surface area contributed by atoms with E-state index in [-0.39, 0.29) is 59.4 Å². The van der Waals surface area contributed by atoms with Gasteiger partial charge in [0.15, 0.2) is 17.2 Å². The largest absolute Gasteiger partial charge is 0.467 e. The summed E-state index contributed by atoms with van der Waals surface area (Å²) in [4.78, 5) is 53.5. The molecule has 3 fully saturated rings. The Morgan fingerprint density at radius 3 is 1.41 bits per heavy atom. The van der Waals surface area contributed by atoms with Crippen molar-refractivity contribution in [2.24, 2.45) is 5.41 Å². The van der Waals surface area contributed by atoms with Crippen molar-refractivity contribution in [2.75, 3.05) is 32.3 Å².